The molecule has 0 unspecified atom stereocenters. The van der Waals surface area contributed by atoms with Gasteiger partial charge < -0.3 is 9.64 Å². The lowest BCUT2D eigenvalue weighted by Crippen LogP contribution is -2.52. The summed E-state index contributed by atoms with van der Waals surface area (Å²) in [5.41, 5.74) is 0.244. The van der Waals surface area contributed by atoms with Gasteiger partial charge in [0.2, 0.25) is 0 Å². The number of hydrogen-bond donors (Lipinski definition) is 2. The molecule has 1 saturated heterocycles. The van der Waals surface area contributed by atoms with E-state index in [0.29, 0.717) is 12.1 Å². The second-order valence-corrected chi connectivity index (χ2v) is 7.01. The molecule has 2 heterocycles. The smallest absolute Gasteiger partial charge is 0.378 e. The number of aromatic nitrogens is 3. The van der Waals surface area contributed by atoms with Gasteiger partial charge in [-0.25, -0.2) is 9.67 Å². The van der Waals surface area contributed by atoms with Crippen LogP contribution >= 0.6 is 0 Å². The number of carbonyl (C=O) groups is 3. The normalized spacial score (nSPS) is 14.7. The van der Waals surface area contributed by atoms with Gasteiger partial charge in [-0.3, -0.25) is 25.2 Å². The van der Waals surface area contributed by atoms with Crippen molar-refractivity contribution in [3.8, 4) is 11.4 Å². The van der Waals surface area contributed by atoms with E-state index in [4.69, 9.17) is 4.74 Å². The van der Waals surface area contributed by atoms with Gasteiger partial charge in [0.05, 0.1) is 24.3 Å². The van der Waals surface area contributed by atoms with Crippen molar-refractivity contribution in [1.82, 2.24) is 30.5 Å². The first-order valence-corrected chi connectivity index (χ1v) is 9.71. The second kappa shape index (κ2) is 10.1. The van der Waals surface area contributed by atoms with Crippen LogP contribution in [0.5, 0.6) is 0 Å². The summed E-state index contributed by atoms with van der Waals surface area (Å²) >= 11 is 0. The van der Waals surface area contributed by atoms with Crippen molar-refractivity contribution in [2.45, 2.75) is 12.4 Å². The lowest BCUT2D eigenvalue weighted by atomic mass is 10.0. The quantitative estimate of drug-likeness (QED) is 0.282. The van der Waals surface area contributed by atoms with Gasteiger partial charge in [0.25, 0.3) is 5.91 Å². The molecule has 188 valence electrons. The maximum Gasteiger partial charge on any atom is 0.416 e. The minimum Gasteiger partial charge on any atom is -0.378 e. The van der Waals surface area contributed by atoms with Gasteiger partial charge >= 0.3 is 24.2 Å². The zero-order valence-electron chi connectivity index (χ0n) is 17.5. The molecule has 2 aromatic rings. The minimum atomic E-state index is -5.04. The Kier molecular flexibility index (Phi) is 7.42. The molecule has 1 fully saturated rings. The Hall–Kier alpha value is -3.95. The monoisotopic (exact) mass is 506 g/mol. The van der Waals surface area contributed by atoms with Crippen LogP contribution in [0.25, 0.3) is 17.6 Å². The number of alkyl halides is 6. The zero-order chi connectivity index (χ0) is 25.8. The summed E-state index contributed by atoms with van der Waals surface area (Å²) in [7, 11) is 0. The molecule has 0 atom stereocenters. The van der Waals surface area contributed by atoms with Gasteiger partial charge in [-0.1, -0.05) is 0 Å². The van der Waals surface area contributed by atoms with Crippen molar-refractivity contribution in [1.29, 1.82) is 0 Å². The Morgan fingerprint density at radius 1 is 0.943 bits per heavy atom. The van der Waals surface area contributed by atoms with Gasteiger partial charge in [0.15, 0.2) is 5.82 Å². The number of nitrogens with one attached hydrogen (secondary N) is 2. The Morgan fingerprint density at radius 3 is 2.11 bits per heavy atom. The number of benzene rings is 1. The summed E-state index contributed by atoms with van der Waals surface area (Å²) in [6.45, 7) is 0.966. The number of hydrogen-bond acceptors (Lipinski definition) is 6. The predicted octanol–water partition coefficient (Wildman–Crippen LogP) is 1.46. The Balaban J connectivity index is 1.65. The Morgan fingerprint density at radius 2 is 1.54 bits per heavy atom. The molecular weight excluding hydrogens is 490 g/mol. The molecule has 1 aromatic heterocycles. The number of ether oxygens (including phenoxy) is 1. The molecule has 0 radical (unpaired) electrons. The molecule has 3 rings (SSSR count). The van der Waals surface area contributed by atoms with E-state index in [0.717, 1.165) is 23.3 Å². The van der Waals surface area contributed by atoms with Gasteiger partial charge in [-0.2, -0.15) is 26.3 Å². The third kappa shape index (κ3) is 6.78. The average molecular weight is 506 g/mol. The summed E-state index contributed by atoms with van der Waals surface area (Å²) in [5, 5.41) is 3.73. The van der Waals surface area contributed by atoms with Crippen LogP contribution in [-0.4, -0.2) is 63.7 Å². The fraction of sp³-hybridized carbons (Fsp3) is 0.316. The van der Waals surface area contributed by atoms with Crippen LogP contribution < -0.4 is 10.9 Å². The van der Waals surface area contributed by atoms with E-state index in [1.54, 1.807) is 0 Å². The van der Waals surface area contributed by atoms with E-state index in [1.165, 1.54) is 4.90 Å². The Labute approximate surface area is 192 Å². The predicted molar refractivity (Wildman–Crippen MR) is 104 cm³/mol. The fourth-order valence-corrected chi connectivity index (χ4v) is 2.83. The van der Waals surface area contributed by atoms with Crippen LogP contribution in [0.2, 0.25) is 0 Å². The molecule has 16 heteroatoms. The van der Waals surface area contributed by atoms with Crippen LogP contribution in [0.3, 0.4) is 0 Å². The van der Waals surface area contributed by atoms with E-state index in [-0.39, 0.29) is 32.4 Å². The van der Waals surface area contributed by atoms with Crippen molar-refractivity contribution in [3.05, 3.63) is 41.7 Å². The van der Waals surface area contributed by atoms with Crippen LogP contribution in [0.4, 0.5) is 26.3 Å². The van der Waals surface area contributed by atoms with Crippen molar-refractivity contribution in [2.24, 2.45) is 0 Å². The highest BCUT2D eigenvalue weighted by Gasteiger charge is 2.37. The third-order valence-electron chi connectivity index (χ3n) is 4.52. The van der Waals surface area contributed by atoms with Crippen LogP contribution in [0.15, 0.2) is 30.6 Å². The minimum absolute atomic E-state index is 0.0250. The first-order chi connectivity index (χ1) is 16.3. The molecule has 0 bridgehead atoms. The van der Waals surface area contributed by atoms with E-state index in [1.807, 2.05) is 10.9 Å². The van der Waals surface area contributed by atoms with E-state index in [2.05, 4.69) is 10.1 Å². The molecule has 3 amide bonds. The SMILES string of the molecule is O=C(/C=C\n1cnc(-c2cc(C(F)(F)F)cc(C(F)(F)F)c2)n1)NNC(=O)C(=O)N1CCOCC1. The lowest BCUT2D eigenvalue weighted by molar-refractivity contribution is -0.149. The molecule has 1 aliphatic heterocycles. The summed E-state index contributed by atoms with van der Waals surface area (Å²) in [4.78, 5) is 40.5. The fourth-order valence-electron chi connectivity index (χ4n) is 2.83. The number of amides is 3. The van der Waals surface area contributed by atoms with Gasteiger partial charge in [-0.15, -0.1) is 5.10 Å². The summed E-state index contributed by atoms with van der Waals surface area (Å²) in [5.74, 6) is -3.35. The van der Waals surface area contributed by atoms with Crippen molar-refractivity contribution >= 4 is 23.9 Å². The summed E-state index contributed by atoms with van der Waals surface area (Å²) in [6, 6.07) is 0.904. The number of morpholine rings is 1. The first-order valence-electron chi connectivity index (χ1n) is 9.71. The van der Waals surface area contributed by atoms with Crippen molar-refractivity contribution in [2.75, 3.05) is 26.3 Å². The molecule has 10 nitrogen and oxygen atoms in total. The van der Waals surface area contributed by atoms with Crippen LogP contribution in [-0.2, 0) is 31.5 Å². The molecule has 0 saturated carbocycles. The number of hydrazine groups is 1. The molecule has 35 heavy (non-hydrogen) atoms. The van der Waals surface area contributed by atoms with Crippen molar-refractivity contribution in [3.63, 3.8) is 0 Å². The molecular formula is C19H16F6N6O4. The highest BCUT2D eigenvalue weighted by molar-refractivity contribution is 6.35. The number of rotatable bonds is 3. The topological polar surface area (TPSA) is 118 Å². The van der Waals surface area contributed by atoms with E-state index in [9.17, 15) is 40.7 Å². The number of carbonyl (C=O) groups excluding carboxylic acids is 3. The maximum atomic E-state index is 13.0. The summed E-state index contributed by atoms with van der Waals surface area (Å²) < 4.78 is 84.0. The first kappa shape index (κ1) is 25.7. The second-order valence-electron chi connectivity index (χ2n) is 7.01. The van der Waals surface area contributed by atoms with Gasteiger partial charge in [0.1, 0.15) is 6.33 Å². The van der Waals surface area contributed by atoms with Gasteiger partial charge in [0, 0.05) is 30.9 Å². The number of nitrogens with zero attached hydrogens (tertiary/aromatic N) is 4. The van der Waals surface area contributed by atoms with E-state index >= 15 is 0 Å². The standard InChI is InChI=1S/C19H16F6N6O4/c20-18(21,22)12-7-11(8-13(9-12)19(23,24)25)15-26-10-31(29-15)2-1-14(32)27-28-16(33)17(34)30-3-5-35-6-4-30/h1-2,7-10H,3-6H2,(H,27,32)(H,28,33)/b2-1-. The Bertz CT molecular complexity index is 1110. The molecule has 1 aliphatic rings. The molecule has 0 spiro atoms. The maximum absolute atomic E-state index is 13.0. The zero-order valence-corrected chi connectivity index (χ0v) is 17.5. The molecule has 1 aromatic carbocycles. The average Bonchev–Trinajstić information content (AvgIpc) is 3.29. The van der Waals surface area contributed by atoms with E-state index < -0.39 is 52.6 Å². The van der Waals surface area contributed by atoms with Crippen LogP contribution in [0, 0.1) is 0 Å². The third-order valence-corrected chi connectivity index (χ3v) is 4.52. The van der Waals surface area contributed by atoms with Gasteiger partial charge in [-0.05, 0) is 18.2 Å². The highest BCUT2D eigenvalue weighted by Crippen LogP contribution is 2.38. The summed E-state index contributed by atoms with van der Waals surface area (Å²) in [6.07, 6.45) is -7.34. The number of halogens is 6. The molecule has 2 N–H and O–H groups in total. The highest BCUT2D eigenvalue weighted by atomic mass is 19.4. The van der Waals surface area contributed by atoms with Crippen molar-refractivity contribution < 1.29 is 45.5 Å². The van der Waals surface area contributed by atoms with Crippen LogP contribution in [0.1, 0.15) is 11.1 Å². The lowest BCUT2D eigenvalue weighted by Gasteiger charge is -2.25. The molecule has 0 aliphatic carbocycles. The largest absolute Gasteiger partial charge is 0.416 e.